The van der Waals surface area contributed by atoms with Crippen LogP contribution < -0.4 is 4.90 Å². The number of pyridine rings is 1. The van der Waals surface area contributed by atoms with E-state index in [1.807, 2.05) is 0 Å². The van der Waals surface area contributed by atoms with Gasteiger partial charge in [0.1, 0.15) is 11.5 Å². The average molecular weight is 319 g/mol. The number of nitrogens with one attached hydrogen (secondary N) is 1. The minimum absolute atomic E-state index is 0.0739. The van der Waals surface area contributed by atoms with Crippen LogP contribution in [0, 0.1) is 0 Å². The van der Waals surface area contributed by atoms with Crippen LogP contribution in [0.2, 0.25) is 0 Å². The van der Waals surface area contributed by atoms with E-state index in [1.54, 1.807) is 18.2 Å². The zero-order valence-electron chi connectivity index (χ0n) is 12.1. The van der Waals surface area contributed by atoms with Gasteiger partial charge in [0.05, 0.1) is 11.1 Å². The summed E-state index contributed by atoms with van der Waals surface area (Å²) in [6.45, 7) is 0. The second-order valence-electron chi connectivity index (χ2n) is 5.00. The van der Waals surface area contributed by atoms with Crippen molar-refractivity contribution in [2.45, 2.75) is 6.18 Å². The molecule has 0 radical (unpaired) electrons. The van der Waals surface area contributed by atoms with E-state index in [2.05, 4.69) is 9.97 Å². The lowest BCUT2D eigenvalue weighted by atomic mass is 10.1. The first kappa shape index (κ1) is 15.1. The summed E-state index contributed by atoms with van der Waals surface area (Å²) in [5.74, 6) is -0.0553. The van der Waals surface area contributed by atoms with Crippen LogP contribution in [0.15, 0.2) is 48.7 Å². The topological polar surface area (TPSA) is 49.0 Å². The normalized spacial score (nSPS) is 11.7. The number of anilines is 1. The van der Waals surface area contributed by atoms with Crippen molar-refractivity contribution in [3.63, 3.8) is 0 Å². The van der Waals surface area contributed by atoms with E-state index < -0.39 is 17.6 Å². The molecule has 7 heteroatoms. The fourth-order valence-electron chi connectivity index (χ4n) is 2.34. The first-order valence-electron chi connectivity index (χ1n) is 6.76. The van der Waals surface area contributed by atoms with Crippen LogP contribution in [0.1, 0.15) is 16.1 Å². The Labute approximate surface area is 129 Å². The third-order valence-corrected chi connectivity index (χ3v) is 3.49. The fraction of sp³-hybridized carbons (Fsp3) is 0.125. The molecule has 4 nitrogen and oxygen atoms in total. The van der Waals surface area contributed by atoms with Crippen molar-refractivity contribution >= 4 is 22.6 Å². The number of benzene rings is 1. The van der Waals surface area contributed by atoms with Crippen LogP contribution in [-0.4, -0.2) is 22.9 Å². The summed E-state index contributed by atoms with van der Waals surface area (Å²) in [5.41, 5.74) is -0.822. The number of carbonyl (C=O) groups excluding carboxylic acids is 1. The Hall–Kier alpha value is -2.83. The highest BCUT2D eigenvalue weighted by atomic mass is 19.4. The molecule has 0 atom stereocenters. The molecule has 0 aliphatic rings. The van der Waals surface area contributed by atoms with Gasteiger partial charge in [-0.3, -0.25) is 9.69 Å². The zero-order chi connectivity index (χ0) is 16.6. The first-order valence-corrected chi connectivity index (χ1v) is 6.76. The highest BCUT2D eigenvalue weighted by molar-refractivity contribution is 6.07. The highest BCUT2D eigenvalue weighted by Crippen LogP contribution is 2.34. The molecule has 3 aromatic rings. The number of halogens is 3. The molecule has 0 bridgehead atoms. The third kappa shape index (κ3) is 2.77. The van der Waals surface area contributed by atoms with Gasteiger partial charge in [0.15, 0.2) is 0 Å². The molecule has 2 aromatic heterocycles. The maximum Gasteiger partial charge on any atom is 0.418 e. The number of nitrogens with zero attached hydrogens (tertiary/aromatic N) is 2. The van der Waals surface area contributed by atoms with Gasteiger partial charge in [-0.1, -0.05) is 18.2 Å². The van der Waals surface area contributed by atoms with Crippen molar-refractivity contribution in [1.29, 1.82) is 0 Å². The molecule has 2 heterocycles. The van der Waals surface area contributed by atoms with Gasteiger partial charge in [0.25, 0.3) is 5.91 Å². The summed E-state index contributed by atoms with van der Waals surface area (Å²) >= 11 is 0. The quantitative estimate of drug-likeness (QED) is 0.780. The third-order valence-electron chi connectivity index (χ3n) is 3.49. The summed E-state index contributed by atoms with van der Waals surface area (Å²) in [4.78, 5) is 20.4. The minimum Gasteiger partial charge on any atom is -0.350 e. The van der Waals surface area contributed by atoms with E-state index in [0.717, 1.165) is 6.07 Å². The Morgan fingerprint density at radius 1 is 1.17 bits per heavy atom. The van der Waals surface area contributed by atoms with Crippen molar-refractivity contribution in [1.82, 2.24) is 9.97 Å². The van der Waals surface area contributed by atoms with Crippen molar-refractivity contribution in [3.05, 3.63) is 59.9 Å². The minimum atomic E-state index is -4.49. The summed E-state index contributed by atoms with van der Waals surface area (Å²) in [7, 11) is 1.51. The van der Waals surface area contributed by atoms with Crippen LogP contribution in [0.25, 0.3) is 10.9 Å². The lowest BCUT2D eigenvalue weighted by molar-refractivity contribution is -0.136. The molecule has 0 saturated heterocycles. The Morgan fingerprint density at radius 2 is 1.96 bits per heavy atom. The largest absolute Gasteiger partial charge is 0.418 e. The number of carbonyl (C=O) groups is 1. The number of amides is 1. The van der Waals surface area contributed by atoms with Gasteiger partial charge in [-0.05, 0) is 24.3 Å². The molecule has 0 fully saturated rings. The van der Waals surface area contributed by atoms with Crippen LogP contribution in [0.5, 0.6) is 0 Å². The fourth-order valence-corrected chi connectivity index (χ4v) is 2.34. The lowest BCUT2D eigenvalue weighted by Crippen LogP contribution is -2.27. The molecule has 118 valence electrons. The predicted molar refractivity (Wildman–Crippen MR) is 80.3 cm³/mol. The Bertz CT molecular complexity index is 856. The molecule has 0 spiro atoms. The Balaban J connectivity index is 2.03. The maximum absolute atomic E-state index is 13.0. The van der Waals surface area contributed by atoms with E-state index in [1.165, 1.54) is 36.3 Å². The van der Waals surface area contributed by atoms with Gasteiger partial charge >= 0.3 is 6.18 Å². The first-order chi connectivity index (χ1) is 10.9. The standard InChI is InChI=1S/C16H12F3N3O/c1-22(13-7-2-3-8-20-13)15(23)12-9-10-5-4-6-11(14(10)21-12)16(17,18)19/h2-9,21H,1H3. The highest BCUT2D eigenvalue weighted by Gasteiger charge is 2.33. The van der Waals surface area contributed by atoms with Gasteiger partial charge in [0.2, 0.25) is 0 Å². The molecule has 1 N–H and O–H groups in total. The molecular weight excluding hydrogens is 307 g/mol. The number of H-pyrrole nitrogens is 1. The summed E-state index contributed by atoms with van der Waals surface area (Å²) in [5, 5.41) is 0.331. The molecule has 0 saturated carbocycles. The molecule has 0 aliphatic heterocycles. The van der Waals surface area contributed by atoms with Gasteiger partial charge in [0, 0.05) is 18.6 Å². The summed E-state index contributed by atoms with van der Waals surface area (Å²) in [6.07, 6.45) is -2.95. The van der Waals surface area contributed by atoms with Gasteiger partial charge in [-0.2, -0.15) is 13.2 Å². The molecule has 1 aromatic carbocycles. The van der Waals surface area contributed by atoms with E-state index in [0.29, 0.717) is 11.2 Å². The molecule has 0 unspecified atom stereocenters. The predicted octanol–water partition coefficient (Wildman–Crippen LogP) is 3.86. The van der Waals surface area contributed by atoms with Crippen molar-refractivity contribution in [2.24, 2.45) is 0 Å². The Kier molecular flexibility index (Phi) is 3.55. The molecule has 0 aliphatic carbocycles. The van der Waals surface area contributed by atoms with Crippen LogP contribution >= 0.6 is 0 Å². The van der Waals surface area contributed by atoms with E-state index in [-0.39, 0.29) is 11.2 Å². The second-order valence-corrected chi connectivity index (χ2v) is 5.00. The van der Waals surface area contributed by atoms with Crippen molar-refractivity contribution in [3.8, 4) is 0 Å². The monoisotopic (exact) mass is 319 g/mol. The van der Waals surface area contributed by atoms with E-state index in [9.17, 15) is 18.0 Å². The van der Waals surface area contributed by atoms with Gasteiger partial charge < -0.3 is 4.98 Å². The van der Waals surface area contributed by atoms with E-state index >= 15 is 0 Å². The smallest absolute Gasteiger partial charge is 0.350 e. The van der Waals surface area contributed by atoms with E-state index in [4.69, 9.17) is 0 Å². The maximum atomic E-state index is 13.0. The second kappa shape index (κ2) is 5.42. The molecular formula is C16H12F3N3O. The molecule has 1 amide bonds. The number of fused-ring (bicyclic) bond motifs is 1. The van der Waals surface area contributed by atoms with Gasteiger partial charge in [-0.25, -0.2) is 4.98 Å². The number of para-hydroxylation sites is 1. The van der Waals surface area contributed by atoms with Crippen molar-refractivity contribution < 1.29 is 18.0 Å². The number of aromatic nitrogens is 2. The number of aromatic amines is 1. The van der Waals surface area contributed by atoms with Crippen LogP contribution in [0.4, 0.5) is 19.0 Å². The Morgan fingerprint density at radius 3 is 2.61 bits per heavy atom. The lowest BCUT2D eigenvalue weighted by Gasteiger charge is -2.14. The number of alkyl halides is 3. The molecule has 3 rings (SSSR count). The van der Waals surface area contributed by atoms with Crippen LogP contribution in [-0.2, 0) is 6.18 Å². The number of rotatable bonds is 2. The number of hydrogen-bond donors (Lipinski definition) is 1. The number of hydrogen-bond acceptors (Lipinski definition) is 2. The van der Waals surface area contributed by atoms with Gasteiger partial charge in [-0.15, -0.1) is 0 Å². The summed E-state index contributed by atoms with van der Waals surface area (Å²) < 4.78 is 39.1. The summed E-state index contributed by atoms with van der Waals surface area (Å²) in [6, 6.07) is 10.3. The SMILES string of the molecule is CN(C(=O)c1cc2cccc(C(F)(F)F)c2[nH]1)c1ccccn1. The van der Waals surface area contributed by atoms with Crippen molar-refractivity contribution in [2.75, 3.05) is 11.9 Å². The van der Waals surface area contributed by atoms with Crippen LogP contribution in [0.3, 0.4) is 0 Å². The molecule has 23 heavy (non-hydrogen) atoms. The zero-order valence-corrected chi connectivity index (χ0v) is 12.1. The average Bonchev–Trinajstić information content (AvgIpc) is 2.97.